The number of aromatic nitrogens is 2. The van der Waals surface area contributed by atoms with Gasteiger partial charge in [0, 0.05) is 24.5 Å². The van der Waals surface area contributed by atoms with Gasteiger partial charge >= 0.3 is 5.97 Å². The zero-order valence-electron chi connectivity index (χ0n) is 19.2. The second-order valence-electron chi connectivity index (χ2n) is 9.20. The van der Waals surface area contributed by atoms with Gasteiger partial charge in [-0.3, -0.25) is 4.79 Å². The lowest BCUT2D eigenvalue weighted by Crippen LogP contribution is -2.39. The van der Waals surface area contributed by atoms with Crippen LogP contribution < -0.4 is 4.74 Å². The minimum atomic E-state index is -0.937. The summed E-state index contributed by atoms with van der Waals surface area (Å²) in [5.74, 6) is 0.863. The maximum absolute atomic E-state index is 11.3. The zero-order chi connectivity index (χ0) is 22.8. The molecule has 2 atom stereocenters. The van der Waals surface area contributed by atoms with Gasteiger partial charge in [0.1, 0.15) is 18.2 Å². The molecule has 0 aliphatic carbocycles. The molecular formula is C25H33N3O3. The van der Waals surface area contributed by atoms with Crippen molar-refractivity contribution in [1.29, 1.82) is 0 Å². The van der Waals surface area contributed by atoms with Crippen molar-refractivity contribution in [2.45, 2.75) is 52.6 Å². The summed E-state index contributed by atoms with van der Waals surface area (Å²) < 4.78 is 5.77. The van der Waals surface area contributed by atoms with E-state index in [0.717, 1.165) is 16.6 Å². The number of likely N-dealkylation sites (N-methyl/N-ethyl adjacent to an activating group) is 1. The molecule has 3 aromatic rings. The van der Waals surface area contributed by atoms with Gasteiger partial charge < -0.3 is 19.7 Å². The van der Waals surface area contributed by atoms with Gasteiger partial charge in [-0.2, -0.15) is 0 Å². The molecular weight excluding hydrogens is 390 g/mol. The lowest BCUT2D eigenvalue weighted by Gasteiger charge is -2.34. The number of hydrogen-bond donors (Lipinski definition) is 2. The maximum atomic E-state index is 11.3. The molecule has 1 heterocycles. The van der Waals surface area contributed by atoms with Crippen molar-refractivity contribution in [3.63, 3.8) is 0 Å². The Labute approximate surface area is 184 Å². The van der Waals surface area contributed by atoms with E-state index in [1.165, 1.54) is 5.56 Å². The first-order chi connectivity index (χ1) is 14.6. The van der Waals surface area contributed by atoms with Crippen LogP contribution in [0.4, 0.5) is 0 Å². The first-order valence-corrected chi connectivity index (χ1v) is 10.7. The monoisotopic (exact) mass is 423 g/mol. The highest BCUT2D eigenvalue weighted by Crippen LogP contribution is 2.32. The van der Waals surface area contributed by atoms with E-state index in [1.807, 2.05) is 24.4 Å². The van der Waals surface area contributed by atoms with Crippen LogP contribution in [0.15, 0.2) is 48.8 Å². The zero-order valence-corrected chi connectivity index (χ0v) is 19.2. The summed E-state index contributed by atoms with van der Waals surface area (Å²) in [6.45, 7) is 10.1. The highest BCUT2D eigenvalue weighted by atomic mass is 16.5. The third-order valence-corrected chi connectivity index (χ3v) is 6.13. The fourth-order valence-corrected chi connectivity index (χ4v) is 3.67. The molecule has 0 fully saturated rings. The summed E-state index contributed by atoms with van der Waals surface area (Å²) in [6, 6.07) is 13.0. The Hall–Kier alpha value is -2.86. The van der Waals surface area contributed by atoms with Crippen molar-refractivity contribution in [2.24, 2.45) is 5.41 Å². The van der Waals surface area contributed by atoms with E-state index >= 15 is 0 Å². The highest BCUT2D eigenvalue weighted by Gasteiger charge is 2.29. The SMILES string of the molecule is CC(C)N(C)C(C)C(c1ccc2cc(OCC(C)(C)C(=O)O)ccc2c1)c1ncc[nH]1. The van der Waals surface area contributed by atoms with Crippen molar-refractivity contribution in [2.75, 3.05) is 13.7 Å². The second-order valence-corrected chi connectivity index (χ2v) is 9.20. The van der Waals surface area contributed by atoms with Crippen LogP contribution in [-0.4, -0.2) is 51.7 Å². The molecule has 0 aliphatic rings. The summed E-state index contributed by atoms with van der Waals surface area (Å²) >= 11 is 0. The average molecular weight is 424 g/mol. The molecule has 0 bridgehead atoms. The van der Waals surface area contributed by atoms with Crippen LogP contribution in [0.1, 0.15) is 51.9 Å². The van der Waals surface area contributed by atoms with Gasteiger partial charge in [0.15, 0.2) is 0 Å². The Morgan fingerprint density at radius 1 is 1.16 bits per heavy atom. The first-order valence-electron chi connectivity index (χ1n) is 10.7. The normalized spacial score (nSPS) is 14.2. The number of imidazole rings is 1. The maximum Gasteiger partial charge on any atom is 0.312 e. The van der Waals surface area contributed by atoms with Crippen LogP contribution in [0.5, 0.6) is 5.75 Å². The summed E-state index contributed by atoms with van der Waals surface area (Å²) in [4.78, 5) is 21.5. The van der Waals surface area contributed by atoms with E-state index < -0.39 is 11.4 Å². The number of H-pyrrole nitrogens is 1. The van der Waals surface area contributed by atoms with Gasteiger partial charge in [0.05, 0.1) is 11.3 Å². The smallest absolute Gasteiger partial charge is 0.312 e. The largest absolute Gasteiger partial charge is 0.492 e. The minimum Gasteiger partial charge on any atom is -0.492 e. The van der Waals surface area contributed by atoms with Gasteiger partial charge in [0.2, 0.25) is 0 Å². The summed E-state index contributed by atoms with van der Waals surface area (Å²) in [7, 11) is 2.15. The predicted molar refractivity (Wildman–Crippen MR) is 124 cm³/mol. The lowest BCUT2D eigenvalue weighted by molar-refractivity contribution is -0.148. The number of nitrogens with zero attached hydrogens (tertiary/aromatic N) is 2. The molecule has 0 spiro atoms. The van der Waals surface area contributed by atoms with Crippen LogP contribution in [-0.2, 0) is 4.79 Å². The standard InChI is InChI=1S/C25H33N3O3/c1-16(2)28(6)17(3)22(23-26-11-12-27-23)20-8-7-19-14-21(10-9-18(19)13-20)31-15-25(4,5)24(29)30/h7-14,16-17,22H,15H2,1-6H3,(H,26,27)(H,29,30). The van der Waals surface area contributed by atoms with Gasteiger partial charge in [-0.25, -0.2) is 4.98 Å². The minimum absolute atomic E-state index is 0.110. The quantitative estimate of drug-likeness (QED) is 0.511. The average Bonchev–Trinajstić information content (AvgIpc) is 3.25. The number of carboxylic acid groups (broad SMARTS) is 1. The Bertz CT molecular complexity index is 1030. The van der Waals surface area contributed by atoms with E-state index in [1.54, 1.807) is 20.0 Å². The van der Waals surface area contributed by atoms with Gasteiger partial charge in [-0.15, -0.1) is 0 Å². The molecule has 6 nitrogen and oxygen atoms in total. The number of benzene rings is 2. The van der Waals surface area contributed by atoms with Crippen LogP contribution in [0, 0.1) is 5.41 Å². The van der Waals surface area contributed by atoms with Crippen molar-refractivity contribution in [3.05, 3.63) is 60.2 Å². The van der Waals surface area contributed by atoms with Crippen molar-refractivity contribution in [3.8, 4) is 5.75 Å². The Balaban J connectivity index is 1.90. The van der Waals surface area contributed by atoms with E-state index in [0.29, 0.717) is 11.8 Å². The Morgan fingerprint density at radius 2 is 1.84 bits per heavy atom. The highest BCUT2D eigenvalue weighted by molar-refractivity contribution is 5.84. The number of carbonyl (C=O) groups is 1. The van der Waals surface area contributed by atoms with Gasteiger partial charge in [-0.1, -0.05) is 24.3 Å². The molecule has 0 saturated heterocycles. The van der Waals surface area contributed by atoms with Crippen LogP contribution in [0.25, 0.3) is 10.8 Å². The molecule has 3 rings (SSSR count). The van der Waals surface area contributed by atoms with E-state index in [9.17, 15) is 9.90 Å². The van der Waals surface area contributed by atoms with E-state index in [-0.39, 0.29) is 18.6 Å². The van der Waals surface area contributed by atoms with E-state index in [2.05, 4.69) is 60.9 Å². The van der Waals surface area contributed by atoms with Crippen LogP contribution >= 0.6 is 0 Å². The fourth-order valence-electron chi connectivity index (χ4n) is 3.67. The molecule has 0 radical (unpaired) electrons. The number of ether oxygens (including phenoxy) is 1. The van der Waals surface area contributed by atoms with Gasteiger partial charge in [0.25, 0.3) is 0 Å². The number of aromatic amines is 1. The number of hydrogen-bond acceptors (Lipinski definition) is 4. The third kappa shape index (κ3) is 5.07. The number of aliphatic carboxylic acids is 1. The predicted octanol–water partition coefficient (Wildman–Crippen LogP) is 4.91. The molecule has 0 amide bonds. The molecule has 6 heteroatoms. The molecule has 31 heavy (non-hydrogen) atoms. The van der Waals surface area contributed by atoms with Gasteiger partial charge in [-0.05, 0) is 70.1 Å². The van der Waals surface area contributed by atoms with Crippen LogP contribution in [0.2, 0.25) is 0 Å². The Kier molecular flexibility index (Phi) is 6.70. The number of carboxylic acids is 1. The van der Waals surface area contributed by atoms with E-state index in [4.69, 9.17) is 4.74 Å². The molecule has 2 aromatic carbocycles. The van der Waals surface area contributed by atoms with Crippen molar-refractivity contribution < 1.29 is 14.6 Å². The summed E-state index contributed by atoms with van der Waals surface area (Å²) in [5, 5.41) is 11.4. The number of nitrogens with one attached hydrogen (secondary N) is 1. The summed E-state index contributed by atoms with van der Waals surface area (Å²) in [5.41, 5.74) is 0.260. The second kappa shape index (κ2) is 9.10. The topological polar surface area (TPSA) is 78.4 Å². The molecule has 0 aliphatic heterocycles. The van der Waals surface area contributed by atoms with Crippen LogP contribution in [0.3, 0.4) is 0 Å². The lowest BCUT2D eigenvalue weighted by atomic mass is 9.89. The molecule has 166 valence electrons. The first kappa shape index (κ1) is 22.8. The molecule has 2 N–H and O–H groups in total. The third-order valence-electron chi connectivity index (χ3n) is 6.13. The number of rotatable bonds is 9. The van der Waals surface area contributed by atoms with Crippen molar-refractivity contribution >= 4 is 16.7 Å². The Morgan fingerprint density at radius 3 is 2.45 bits per heavy atom. The number of fused-ring (bicyclic) bond motifs is 1. The molecule has 2 unspecified atom stereocenters. The molecule has 1 aromatic heterocycles. The molecule has 0 saturated carbocycles. The summed E-state index contributed by atoms with van der Waals surface area (Å²) in [6.07, 6.45) is 3.67. The van der Waals surface area contributed by atoms with Crippen molar-refractivity contribution in [1.82, 2.24) is 14.9 Å². The fraction of sp³-hybridized carbons (Fsp3) is 0.440.